The summed E-state index contributed by atoms with van der Waals surface area (Å²) >= 11 is 1.63. The molecular formula is C12H15NO2S. The molecule has 1 atom stereocenters. The lowest BCUT2D eigenvalue weighted by Crippen LogP contribution is -2.27. The van der Waals surface area contributed by atoms with E-state index in [1.54, 1.807) is 22.3 Å². The fourth-order valence-corrected chi connectivity index (χ4v) is 2.57. The number of rotatable bonds is 2. The molecule has 3 nitrogen and oxygen atoms in total. The van der Waals surface area contributed by atoms with Crippen LogP contribution >= 0.6 is 11.3 Å². The standard InChI is InChI=1S/C12H15NO2S/c1-9-5-7-16-11(9)2-3-12(15)13-6-4-10(14)8-13/h2-3,5,7,10,14H,4,6,8H2,1H3. The Morgan fingerprint density at radius 1 is 1.69 bits per heavy atom. The molecule has 1 amide bonds. The average molecular weight is 237 g/mol. The van der Waals surface area contributed by atoms with Crippen molar-refractivity contribution in [1.29, 1.82) is 0 Å². The molecule has 1 fully saturated rings. The summed E-state index contributed by atoms with van der Waals surface area (Å²) in [6, 6.07) is 2.04. The Morgan fingerprint density at radius 3 is 3.06 bits per heavy atom. The Bertz CT molecular complexity index is 411. The van der Waals surface area contributed by atoms with Crippen molar-refractivity contribution >= 4 is 23.3 Å². The molecule has 0 radical (unpaired) electrons. The van der Waals surface area contributed by atoms with Gasteiger partial charge in [-0.25, -0.2) is 0 Å². The van der Waals surface area contributed by atoms with Gasteiger partial charge in [0.25, 0.3) is 0 Å². The van der Waals surface area contributed by atoms with Crippen LogP contribution in [0.25, 0.3) is 6.08 Å². The molecule has 1 aromatic heterocycles. The highest BCUT2D eigenvalue weighted by molar-refractivity contribution is 7.11. The van der Waals surface area contributed by atoms with Gasteiger partial charge in [-0.3, -0.25) is 4.79 Å². The molecule has 4 heteroatoms. The fraction of sp³-hybridized carbons (Fsp3) is 0.417. The number of likely N-dealkylation sites (tertiary alicyclic amines) is 1. The Hall–Kier alpha value is -1.13. The molecule has 0 spiro atoms. The van der Waals surface area contributed by atoms with Crippen LogP contribution in [0, 0.1) is 6.92 Å². The first-order chi connectivity index (χ1) is 7.66. The maximum absolute atomic E-state index is 11.7. The Labute approximate surface area is 99.0 Å². The Balaban J connectivity index is 1.97. The average Bonchev–Trinajstić information content (AvgIpc) is 2.84. The van der Waals surface area contributed by atoms with E-state index in [2.05, 4.69) is 0 Å². The van der Waals surface area contributed by atoms with Gasteiger partial charge in [0.1, 0.15) is 0 Å². The van der Waals surface area contributed by atoms with Crippen molar-refractivity contribution < 1.29 is 9.90 Å². The first kappa shape index (κ1) is 11.4. The number of carbonyl (C=O) groups is 1. The van der Waals surface area contributed by atoms with E-state index in [0.717, 1.165) is 4.88 Å². The number of carbonyl (C=O) groups excluding carboxylic acids is 1. The summed E-state index contributed by atoms with van der Waals surface area (Å²) in [5, 5.41) is 11.3. The molecule has 1 aliphatic heterocycles. The molecule has 0 aliphatic carbocycles. The highest BCUT2D eigenvalue weighted by Crippen LogP contribution is 2.17. The van der Waals surface area contributed by atoms with Crippen molar-refractivity contribution in [3.8, 4) is 0 Å². The van der Waals surface area contributed by atoms with Crippen molar-refractivity contribution in [2.75, 3.05) is 13.1 Å². The summed E-state index contributed by atoms with van der Waals surface area (Å²) < 4.78 is 0. The zero-order valence-electron chi connectivity index (χ0n) is 9.22. The van der Waals surface area contributed by atoms with Crippen LogP contribution in [0.5, 0.6) is 0 Å². The summed E-state index contributed by atoms with van der Waals surface area (Å²) in [7, 11) is 0. The number of aliphatic hydroxyl groups excluding tert-OH is 1. The van der Waals surface area contributed by atoms with Crippen LogP contribution in [-0.2, 0) is 4.79 Å². The Morgan fingerprint density at radius 2 is 2.50 bits per heavy atom. The van der Waals surface area contributed by atoms with Gasteiger partial charge in [-0.1, -0.05) is 0 Å². The minimum absolute atomic E-state index is 0.00986. The van der Waals surface area contributed by atoms with E-state index in [0.29, 0.717) is 19.5 Å². The first-order valence-corrected chi connectivity index (χ1v) is 6.24. The molecule has 1 saturated heterocycles. The molecule has 1 N–H and O–H groups in total. The van der Waals surface area contributed by atoms with E-state index >= 15 is 0 Å². The second-order valence-electron chi connectivity index (χ2n) is 4.03. The molecule has 16 heavy (non-hydrogen) atoms. The molecule has 1 aromatic rings. The van der Waals surface area contributed by atoms with E-state index in [1.165, 1.54) is 5.56 Å². The maximum Gasteiger partial charge on any atom is 0.246 e. The van der Waals surface area contributed by atoms with Crippen LogP contribution in [0.4, 0.5) is 0 Å². The number of nitrogens with zero attached hydrogens (tertiary/aromatic N) is 1. The summed E-state index contributed by atoms with van der Waals surface area (Å²) in [6.45, 7) is 3.15. The second kappa shape index (κ2) is 4.80. The van der Waals surface area contributed by atoms with Crippen molar-refractivity contribution in [1.82, 2.24) is 4.90 Å². The number of thiophene rings is 1. The predicted octanol–water partition coefficient (Wildman–Crippen LogP) is 1.66. The molecule has 2 heterocycles. The molecule has 2 rings (SSSR count). The second-order valence-corrected chi connectivity index (χ2v) is 4.98. The van der Waals surface area contributed by atoms with E-state index in [1.807, 2.05) is 24.4 Å². The monoisotopic (exact) mass is 237 g/mol. The van der Waals surface area contributed by atoms with Crippen LogP contribution in [0.1, 0.15) is 16.9 Å². The summed E-state index contributed by atoms with van der Waals surface area (Å²) in [6.07, 6.45) is 3.79. The molecule has 0 saturated carbocycles. The summed E-state index contributed by atoms with van der Waals surface area (Å²) in [5.41, 5.74) is 1.19. The molecule has 1 aliphatic rings. The van der Waals surface area contributed by atoms with Gasteiger partial charge in [-0.15, -0.1) is 11.3 Å². The van der Waals surface area contributed by atoms with Gasteiger partial charge in [0.15, 0.2) is 0 Å². The number of amides is 1. The Kier molecular flexibility index (Phi) is 3.41. The third-order valence-electron chi connectivity index (χ3n) is 2.75. The van der Waals surface area contributed by atoms with E-state index in [4.69, 9.17) is 0 Å². The number of aryl methyl sites for hydroxylation is 1. The van der Waals surface area contributed by atoms with Gasteiger partial charge in [-0.05, 0) is 36.4 Å². The van der Waals surface area contributed by atoms with E-state index < -0.39 is 0 Å². The lowest BCUT2D eigenvalue weighted by Gasteiger charge is -2.12. The van der Waals surface area contributed by atoms with Crippen molar-refractivity contribution in [2.45, 2.75) is 19.4 Å². The van der Waals surface area contributed by atoms with Crippen molar-refractivity contribution in [2.24, 2.45) is 0 Å². The molecule has 86 valence electrons. The van der Waals surface area contributed by atoms with Gasteiger partial charge in [-0.2, -0.15) is 0 Å². The predicted molar refractivity (Wildman–Crippen MR) is 65.3 cm³/mol. The number of β-amino-alcohol motifs (C(OH)–C–C–N with tert-alkyl or cyclic N) is 1. The van der Waals surface area contributed by atoms with Crippen molar-refractivity contribution in [3.63, 3.8) is 0 Å². The van der Waals surface area contributed by atoms with Crippen LogP contribution in [0.15, 0.2) is 17.5 Å². The summed E-state index contributed by atoms with van der Waals surface area (Å²) in [5.74, 6) is -0.00986. The van der Waals surface area contributed by atoms with Crippen LogP contribution in [0.3, 0.4) is 0 Å². The molecular weight excluding hydrogens is 222 g/mol. The summed E-state index contributed by atoms with van der Waals surface area (Å²) in [4.78, 5) is 14.5. The van der Waals surface area contributed by atoms with Gasteiger partial charge in [0, 0.05) is 24.0 Å². The topological polar surface area (TPSA) is 40.5 Å². The number of aliphatic hydroxyl groups is 1. The van der Waals surface area contributed by atoms with Gasteiger partial charge in [0.2, 0.25) is 5.91 Å². The highest BCUT2D eigenvalue weighted by Gasteiger charge is 2.22. The zero-order chi connectivity index (χ0) is 11.5. The minimum Gasteiger partial charge on any atom is -0.391 e. The van der Waals surface area contributed by atoms with E-state index in [9.17, 15) is 9.90 Å². The zero-order valence-corrected chi connectivity index (χ0v) is 10.0. The van der Waals surface area contributed by atoms with E-state index in [-0.39, 0.29) is 12.0 Å². The number of hydrogen-bond donors (Lipinski definition) is 1. The van der Waals surface area contributed by atoms with Gasteiger partial charge >= 0.3 is 0 Å². The van der Waals surface area contributed by atoms with Crippen LogP contribution < -0.4 is 0 Å². The smallest absolute Gasteiger partial charge is 0.246 e. The third-order valence-corrected chi connectivity index (χ3v) is 3.74. The molecule has 1 unspecified atom stereocenters. The van der Waals surface area contributed by atoms with Crippen LogP contribution in [0.2, 0.25) is 0 Å². The number of hydrogen-bond acceptors (Lipinski definition) is 3. The quantitative estimate of drug-likeness (QED) is 0.795. The normalized spacial score (nSPS) is 20.9. The van der Waals surface area contributed by atoms with Gasteiger partial charge < -0.3 is 10.0 Å². The molecule has 0 aromatic carbocycles. The van der Waals surface area contributed by atoms with Crippen LogP contribution in [-0.4, -0.2) is 35.1 Å². The lowest BCUT2D eigenvalue weighted by atomic mass is 10.3. The fourth-order valence-electron chi connectivity index (χ4n) is 1.75. The highest BCUT2D eigenvalue weighted by atomic mass is 32.1. The largest absolute Gasteiger partial charge is 0.391 e. The van der Waals surface area contributed by atoms with Crippen molar-refractivity contribution in [3.05, 3.63) is 28.0 Å². The lowest BCUT2D eigenvalue weighted by molar-refractivity contribution is -0.125. The SMILES string of the molecule is Cc1ccsc1C=CC(=O)N1CCC(O)C1. The third kappa shape index (κ3) is 2.51. The minimum atomic E-state index is -0.346. The molecule has 0 bridgehead atoms. The maximum atomic E-state index is 11.7. The first-order valence-electron chi connectivity index (χ1n) is 5.36. The van der Waals surface area contributed by atoms with Gasteiger partial charge in [0.05, 0.1) is 6.10 Å².